The third kappa shape index (κ3) is 5.25. The van der Waals surface area contributed by atoms with E-state index in [0.29, 0.717) is 18.4 Å². The number of aliphatic hydroxyl groups is 1. The molecule has 130 valence electrons. The van der Waals surface area contributed by atoms with E-state index >= 15 is 0 Å². The zero-order valence-corrected chi connectivity index (χ0v) is 13.6. The molecule has 8 heteroatoms. The number of phosphoric ester groups is 1. The lowest BCUT2D eigenvalue weighted by Gasteiger charge is -2.17. The van der Waals surface area contributed by atoms with E-state index in [9.17, 15) is 19.9 Å². The molecule has 1 atom stereocenters. The number of aromatic hydroxyl groups is 2. The van der Waals surface area contributed by atoms with Gasteiger partial charge >= 0.3 is 7.82 Å². The molecule has 0 radical (unpaired) electrons. The Balaban J connectivity index is 2.17. The highest BCUT2D eigenvalue weighted by Gasteiger charge is 2.20. The van der Waals surface area contributed by atoms with Crippen molar-refractivity contribution in [3.05, 3.63) is 53.6 Å². The monoisotopic (exact) mass is 354 g/mol. The molecule has 0 aromatic heterocycles. The molecular weight excluding hydrogens is 335 g/mol. The zero-order valence-electron chi connectivity index (χ0n) is 12.7. The maximum atomic E-state index is 11.0. The molecule has 24 heavy (non-hydrogen) atoms. The Hall–Kier alpha value is -2.05. The van der Waals surface area contributed by atoms with Gasteiger partial charge in [-0.05, 0) is 54.3 Å². The minimum absolute atomic E-state index is 0.0197. The first kappa shape index (κ1) is 18.3. The fourth-order valence-electron chi connectivity index (χ4n) is 2.45. The first-order chi connectivity index (χ1) is 11.3. The van der Waals surface area contributed by atoms with Gasteiger partial charge in [0.05, 0.1) is 0 Å². The van der Waals surface area contributed by atoms with Crippen LogP contribution in [0, 0.1) is 0 Å². The van der Waals surface area contributed by atoms with Crippen molar-refractivity contribution in [2.24, 2.45) is 0 Å². The van der Waals surface area contributed by atoms with Crippen LogP contribution in [0.1, 0.15) is 23.5 Å². The van der Waals surface area contributed by atoms with Crippen molar-refractivity contribution in [3.63, 3.8) is 0 Å². The van der Waals surface area contributed by atoms with E-state index in [0.717, 1.165) is 5.56 Å². The van der Waals surface area contributed by atoms with Gasteiger partial charge < -0.3 is 19.8 Å². The zero-order chi connectivity index (χ0) is 17.7. The van der Waals surface area contributed by atoms with Gasteiger partial charge in [-0.25, -0.2) is 4.57 Å². The van der Waals surface area contributed by atoms with Gasteiger partial charge in [-0.15, -0.1) is 0 Å². The second-order valence-electron chi connectivity index (χ2n) is 5.39. The van der Waals surface area contributed by atoms with Crippen LogP contribution in [-0.2, 0) is 11.0 Å². The lowest BCUT2D eigenvalue weighted by atomic mass is 9.92. The Morgan fingerprint density at radius 3 is 2.38 bits per heavy atom. The van der Waals surface area contributed by atoms with E-state index in [-0.39, 0.29) is 29.8 Å². The Labute approximate surface area is 139 Å². The first-order valence-electron chi connectivity index (χ1n) is 7.25. The van der Waals surface area contributed by atoms with E-state index in [1.54, 1.807) is 18.2 Å². The smallest absolute Gasteiger partial charge is 0.508 e. The third-order valence-electron chi connectivity index (χ3n) is 3.59. The van der Waals surface area contributed by atoms with E-state index in [1.807, 2.05) is 0 Å². The predicted octanol–water partition coefficient (Wildman–Crippen LogP) is 2.28. The molecule has 0 aliphatic carbocycles. The van der Waals surface area contributed by atoms with Gasteiger partial charge in [0.25, 0.3) is 0 Å². The Morgan fingerprint density at radius 2 is 1.75 bits per heavy atom. The summed E-state index contributed by atoms with van der Waals surface area (Å²) < 4.78 is 15.7. The molecule has 2 aromatic rings. The molecule has 0 heterocycles. The molecule has 1 unspecified atom stereocenters. The minimum atomic E-state index is -4.71. The number of benzene rings is 2. The van der Waals surface area contributed by atoms with Gasteiger partial charge in [0, 0.05) is 12.5 Å². The molecule has 0 amide bonds. The summed E-state index contributed by atoms with van der Waals surface area (Å²) in [7, 11) is -4.71. The summed E-state index contributed by atoms with van der Waals surface area (Å²) in [6, 6.07) is 10.4. The number of aryl methyl sites for hydroxylation is 1. The molecule has 0 spiro atoms. The highest BCUT2D eigenvalue weighted by Crippen LogP contribution is 2.40. The first-order valence-corrected chi connectivity index (χ1v) is 8.78. The van der Waals surface area contributed by atoms with Gasteiger partial charge in [-0.1, -0.05) is 12.1 Å². The molecular formula is C16H19O7P. The summed E-state index contributed by atoms with van der Waals surface area (Å²) in [6.45, 7) is -0.156. The molecule has 0 aliphatic rings. The van der Waals surface area contributed by atoms with E-state index in [1.165, 1.54) is 24.3 Å². The topological polar surface area (TPSA) is 127 Å². The summed E-state index contributed by atoms with van der Waals surface area (Å²) in [5, 5.41) is 28.7. The van der Waals surface area contributed by atoms with Crippen molar-refractivity contribution in [2.45, 2.75) is 18.8 Å². The second-order valence-corrected chi connectivity index (χ2v) is 6.55. The molecule has 0 saturated heterocycles. The normalized spacial score (nSPS) is 12.8. The summed E-state index contributed by atoms with van der Waals surface area (Å²) in [4.78, 5) is 17.9. The number of hydrogen-bond donors (Lipinski definition) is 5. The summed E-state index contributed by atoms with van der Waals surface area (Å²) in [6.07, 6.45) is 0.742. The van der Waals surface area contributed by atoms with Crippen LogP contribution in [0.2, 0.25) is 0 Å². The van der Waals surface area contributed by atoms with Crippen molar-refractivity contribution >= 4 is 7.82 Å². The van der Waals surface area contributed by atoms with Gasteiger partial charge in [0.2, 0.25) is 0 Å². The average molecular weight is 354 g/mol. The average Bonchev–Trinajstić information content (AvgIpc) is 2.49. The minimum Gasteiger partial charge on any atom is -0.508 e. The van der Waals surface area contributed by atoms with Crippen molar-refractivity contribution in [2.75, 3.05) is 6.61 Å². The molecule has 0 aliphatic heterocycles. The largest absolute Gasteiger partial charge is 0.524 e. The van der Waals surface area contributed by atoms with Gasteiger partial charge in [0.1, 0.15) is 17.2 Å². The molecule has 0 saturated carbocycles. The van der Waals surface area contributed by atoms with Crippen LogP contribution >= 0.6 is 7.82 Å². The number of hydrogen-bond acceptors (Lipinski definition) is 5. The van der Waals surface area contributed by atoms with Crippen molar-refractivity contribution in [1.82, 2.24) is 0 Å². The van der Waals surface area contributed by atoms with E-state index in [2.05, 4.69) is 4.52 Å². The third-order valence-corrected chi connectivity index (χ3v) is 4.02. The summed E-state index contributed by atoms with van der Waals surface area (Å²) >= 11 is 0. The van der Waals surface area contributed by atoms with Crippen LogP contribution < -0.4 is 4.52 Å². The van der Waals surface area contributed by atoms with Gasteiger partial charge in [-0.2, -0.15) is 0 Å². The highest BCUT2D eigenvalue weighted by molar-refractivity contribution is 7.46. The Morgan fingerprint density at radius 1 is 1.04 bits per heavy atom. The fraction of sp³-hybridized carbons (Fsp3) is 0.250. The Bertz CT molecular complexity index is 741. The number of aliphatic hydroxyl groups excluding tert-OH is 1. The quantitative estimate of drug-likeness (QED) is 0.483. The number of phenolic OH excluding ortho intramolecular Hbond substituents is 2. The van der Waals surface area contributed by atoms with Crippen molar-refractivity contribution < 1.29 is 34.2 Å². The molecule has 0 bridgehead atoms. The van der Waals surface area contributed by atoms with Gasteiger partial charge in [0.15, 0.2) is 0 Å². The fourth-order valence-corrected chi connectivity index (χ4v) is 2.88. The van der Waals surface area contributed by atoms with Gasteiger partial charge in [-0.3, -0.25) is 9.79 Å². The van der Waals surface area contributed by atoms with E-state index < -0.39 is 7.82 Å². The van der Waals surface area contributed by atoms with Crippen molar-refractivity contribution in [1.29, 1.82) is 0 Å². The predicted molar refractivity (Wildman–Crippen MR) is 87.0 cm³/mol. The lowest BCUT2D eigenvalue weighted by molar-refractivity contribution is 0.258. The van der Waals surface area contributed by atoms with Crippen LogP contribution in [0.25, 0.3) is 0 Å². The van der Waals surface area contributed by atoms with Crippen LogP contribution in [0.3, 0.4) is 0 Å². The van der Waals surface area contributed by atoms with Crippen LogP contribution in [0.4, 0.5) is 0 Å². The number of phenols is 2. The highest BCUT2D eigenvalue weighted by atomic mass is 31.2. The summed E-state index contributed by atoms with van der Waals surface area (Å²) in [5.74, 6) is -0.258. The molecule has 7 nitrogen and oxygen atoms in total. The maximum Gasteiger partial charge on any atom is 0.524 e. The number of phosphoric acid groups is 1. The standard InChI is InChI=1S/C16H19O7P/c17-10-13(11-2-1-3-14(18)8-11)5-4-12-9-15(19)6-7-16(12)23-24(20,21)22/h1-3,6-9,13,17-19H,4-5,10H2,(H2,20,21,22). The van der Waals surface area contributed by atoms with Crippen LogP contribution in [-0.4, -0.2) is 31.7 Å². The Kier molecular flexibility index (Phi) is 5.85. The van der Waals surface area contributed by atoms with Crippen molar-refractivity contribution in [3.8, 4) is 17.2 Å². The molecule has 2 rings (SSSR count). The maximum absolute atomic E-state index is 11.0. The molecule has 5 N–H and O–H groups in total. The second kappa shape index (κ2) is 7.68. The van der Waals surface area contributed by atoms with E-state index in [4.69, 9.17) is 9.79 Å². The summed E-state index contributed by atoms with van der Waals surface area (Å²) in [5.41, 5.74) is 1.16. The van der Waals surface area contributed by atoms with Crippen LogP contribution in [0.15, 0.2) is 42.5 Å². The molecule has 0 fully saturated rings. The molecule has 2 aromatic carbocycles. The lowest BCUT2D eigenvalue weighted by Crippen LogP contribution is -2.06. The number of rotatable bonds is 7. The SMILES string of the molecule is O=P(O)(O)Oc1ccc(O)cc1CCC(CO)c1cccc(O)c1. The van der Waals surface area contributed by atoms with Crippen LogP contribution in [0.5, 0.6) is 17.2 Å².